The number of benzene rings is 1. The maximum absolute atomic E-state index is 11.8. The van der Waals surface area contributed by atoms with E-state index in [0.29, 0.717) is 11.5 Å². The first-order valence-corrected chi connectivity index (χ1v) is 6.92. The lowest BCUT2D eigenvalue weighted by molar-refractivity contribution is -0.122. The molecule has 3 rings (SSSR count). The molecule has 4 heteroatoms. The zero-order valence-corrected chi connectivity index (χ0v) is 11.5. The van der Waals surface area contributed by atoms with Crippen molar-refractivity contribution >= 4 is 11.6 Å². The number of carbonyl (C=O) groups excluding carboxylic acids is 1. The van der Waals surface area contributed by atoms with Gasteiger partial charge in [-0.2, -0.15) is 0 Å². The summed E-state index contributed by atoms with van der Waals surface area (Å²) in [6, 6.07) is 8.06. The number of aryl methyl sites for hydroxylation is 1. The van der Waals surface area contributed by atoms with Crippen molar-refractivity contribution in [3.63, 3.8) is 0 Å². The van der Waals surface area contributed by atoms with Crippen molar-refractivity contribution in [3.05, 3.63) is 42.2 Å². The lowest BCUT2D eigenvalue weighted by atomic mass is 9.85. The van der Waals surface area contributed by atoms with E-state index < -0.39 is 0 Å². The van der Waals surface area contributed by atoms with Gasteiger partial charge in [-0.25, -0.2) is 9.97 Å². The van der Waals surface area contributed by atoms with Gasteiger partial charge in [-0.15, -0.1) is 0 Å². The number of hydrogen-bond donors (Lipinski definition) is 1. The van der Waals surface area contributed by atoms with Gasteiger partial charge >= 0.3 is 0 Å². The Hall–Kier alpha value is -2.23. The van der Waals surface area contributed by atoms with Crippen LogP contribution < -0.4 is 5.32 Å². The monoisotopic (exact) mass is 267 g/mol. The fraction of sp³-hybridized carbons (Fsp3) is 0.312. The molecule has 2 aromatic rings. The lowest BCUT2D eigenvalue weighted by Gasteiger charge is -2.23. The van der Waals surface area contributed by atoms with E-state index in [4.69, 9.17) is 0 Å². The minimum absolute atomic E-state index is 0.0861. The topological polar surface area (TPSA) is 54.9 Å². The van der Waals surface area contributed by atoms with Crippen LogP contribution in [0.2, 0.25) is 0 Å². The van der Waals surface area contributed by atoms with Crippen molar-refractivity contribution in [1.29, 1.82) is 0 Å². The Kier molecular flexibility index (Phi) is 3.46. The summed E-state index contributed by atoms with van der Waals surface area (Å²) in [6.07, 6.45) is 6.47. The van der Waals surface area contributed by atoms with Gasteiger partial charge in [0, 0.05) is 11.5 Å². The Morgan fingerprint density at radius 1 is 1.15 bits per heavy atom. The van der Waals surface area contributed by atoms with Crippen molar-refractivity contribution < 1.29 is 4.79 Å². The highest BCUT2D eigenvalue weighted by Crippen LogP contribution is 2.27. The number of nitrogens with one attached hydrogen (secondary N) is 1. The fourth-order valence-corrected chi connectivity index (χ4v) is 2.16. The highest BCUT2D eigenvalue weighted by atomic mass is 16.1. The number of nitrogens with zero attached hydrogens (tertiary/aromatic N) is 2. The molecule has 0 bridgehead atoms. The molecular weight excluding hydrogens is 250 g/mol. The van der Waals surface area contributed by atoms with E-state index in [-0.39, 0.29) is 11.8 Å². The number of hydrogen-bond acceptors (Lipinski definition) is 3. The minimum Gasteiger partial charge on any atom is -0.323 e. The van der Waals surface area contributed by atoms with E-state index >= 15 is 0 Å². The Morgan fingerprint density at radius 2 is 1.80 bits per heavy atom. The van der Waals surface area contributed by atoms with Crippen LogP contribution in [0.3, 0.4) is 0 Å². The largest absolute Gasteiger partial charge is 0.323 e. The fourth-order valence-electron chi connectivity index (χ4n) is 2.16. The molecule has 1 N–H and O–H groups in total. The third-order valence-electron chi connectivity index (χ3n) is 3.71. The molecule has 0 spiro atoms. The Labute approximate surface area is 118 Å². The number of carbonyl (C=O) groups is 1. The molecule has 1 aromatic carbocycles. The lowest BCUT2D eigenvalue weighted by Crippen LogP contribution is -2.28. The van der Waals surface area contributed by atoms with Crippen LogP contribution in [0.1, 0.15) is 24.8 Å². The van der Waals surface area contributed by atoms with Crippen molar-refractivity contribution in [1.82, 2.24) is 9.97 Å². The van der Waals surface area contributed by atoms with Gasteiger partial charge in [0.25, 0.3) is 0 Å². The molecular formula is C16H17N3O. The quantitative estimate of drug-likeness (QED) is 0.929. The van der Waals surface area contributed by atoms with Crippen molar-refractivity contribution in [2.24, 2.45) is 5.92 Å². The third-order valence-corrected chi connectivity index (χ3v) is 3.71. The molecule has 0 atom stereocenters. The molecule has 1 heterocycles. The second-order valence-electron chi connectivity index (χ2n) is 5.28. The molecule has 20 heavy (non-hydrogen) atoms. The number of anilines is 1. The Bertz CT molecular complexity index is 601. The number of aromatic nitrogens is 2. The van der Waals surface area contributed by atoms with E-state index in [1.54, 1.807) is 12.4 Å². The summed E-state index contributed by atoms with van der Waals surface area (Å²) in [4.78, 5) is 20.4. The molecule has 4 nitrogen and oxygen atoms in total. The van der Waals surface area contributed by atoms with Gasteiger partial charge < -0.3 is 5.32 Å². The smallest absolute Gasteiger partial charge is 0.227 e. The second-order valence-corrected chi connectivity index (χ2v) is 5.28. The maximum atomic E-state index is 11.8. The van der Waals surface area contributed by atoms with Gasteiger partial charge in [0.05, 0.1) is 18.1 Å². The highest BCUT2D eigenvalue weighted by Gasteiger charge is 2.25. The van der Waals surface area contributed by atoms with Gasteiger partial charge in [0.1, 0.15) is 0 Å². The third kappa shape index (κ3) is 2.69. The van der Waals surface area contributed by atoms with E-state index in [1.165, 1.54) is 5.56 Å². The molecule has 0 saturated heterocycles. The first-order chi connectivity index (χ1) is 9.72. The number of amides is 1. The van der Waals surface area contributed by atoms with Crippen molar-refractivity contribution in [3.8, 4) is 11.4 Å². The molecule has 1 amide bonds. The Morgan fingerprint density at radius 3 is 2.35 bits per heavy atom. The van der Waals surface area contributed by atoms with E-state index in [9.17, 15) is 4.79 Å². The van der Waals surface area contributed by atoms with Crippen LogP contribution in [0.4, 0.5) is 5.69 Å². The van der Waals surface area contributed by atoms with Crippen LogP contribution in [0.5, 0.6) is 0 Å². The molecule has 0 aliphatic heterocycles. The summed E-state index contributed by atoms with van der Waals surface area (Å²) in [7, 11) is 0. The molecule has 1 fully saturated rings. The first kappa shape index (κ1) is 12.8. The predicted octanol–water partition coefficient (Wildman–Crippen LogP) is 3.19. The normalized spacial score (nSPS) is 14.7. The summed E-state index contributed by atoms with van der Waals surface area (Å²) in [5.74, 6) is 0.932. The predicted molar refractivity (Wildman–Crippen MR) is 78.2 cm³/mol. The molecule has 1 saturated carbocycles. The summed E-state index contributed by atoms with van der Waals surface area (Å²) in [5, 5.41) is 2.87. The van der Waals surface area contributed by atoms with Crippen LogP contribution in [-0.2, 0) is 4.79 Å². The average Bonchev–Trinajstić information content (AvgIpc) is 2.38. The minimum atomic E-state index is 0.0861. The van der Waals surface area contributed by atoms with Gasteiger partial charge in [0.2, 0.25) is 5.91 Å². The zero-order valence-electron chi connectivity index (χ0n) is 11.5. The molecule has 0 radical (unpaired) electrons. The van der Waals surface area contributed by atoms with E-state index in [0.717, 1.165) is 24.8 Å². The number of rotatable bonds is 3. The average molecular weight is 267 g/mol. The summed E-state index contributed by atoms with van der Waals surface area (Å²) in [5.41, 5.74) is 2.85. The van der Waals surface area contributed by atoms with Crippen molar-refractivity contribution in [2.75, 3.05) is 5.32 Å². The Balaban J connectivity index is 1.70. The SMILES string of the molecule is Cc1ccc(-c2ncc(NC(=O)C3CCC3)cn2)cc1. The summed E-state index contributed by atoms with van der Waals surface area (Å²) in [6.45, 7) is 2.05. The molecule has 1 aliphatic carbocycles. The highest BCUT2D eigenvalue weighted by molar-refractivity contribution is 5.92. The van der Waals surface area contributed by atoms with Crippen molar-refractivity contribution in [2.45, 2.75) is 26.2 Å². The molecule has 1 aliphatic rings. The summed E-state index contributed by atoms with van der Waals surface area (Å²) < 4.78 is 0. The van der Waals surface area contributed by atoms with Crippen LogP contribution in [0.25, 0.3) is 11.4 Å². The molecule has 1 aromatic heterocycles. The first-order valence-electron chi connectivity index (χ1n) is 6.92. The van der Waals surface area contributed by atoms with Gasteiger partial charge in [-0.05, 0) is 19.8 Å². The molecule has 102 valence electrons. The van der Waals surface area contributed by atoms with Crippen LogP contribution >= 0.6 is 0 Å². The van der Waals surface area contributed by atoms with Crippen LogP contribution in [0, 0.1) is 12.8 Å². The van der Waals surface area contributed by atoms with E-state index in [1.807, 2.05) is 31.2 Å². The van der Waals surface area contributed by atoms with Gasteiger partial charge in [0.15, 0.2) is 5.82 Å². The standard InChI is InChI=1S/C16H17N3O/c1-11-5-7-12(8-6-11)15-17-9-14(10-18-15)19-16(20)13-3-2-4-13/h5-10,13H,2-4H2,1H3,(H,19,20). The summed E-state index contributed by atoms with van der Waals surface area (Å²) >= 11 is 0. The van der Waals surface area contributed by atoms with E-state index in [2.05, 4.69) is 15.3 Å². The van der Waals surface area contributed by atoms with Crippen LogP contribution in [-0.4, -0.2) is 15.9 Å². The molecule has 0 unspecified atom stereocenters. The zero-order chi connectivity index (χ0) is 13.9. The second kappa shape index (κ2) is 5.41. The maximum Gasteiger partial charge on any atom is 0.227 e. The van der Waals surface area contributed by atoms with Crippen LogP contribution in [0.15, 0.2) is 36.7 Å². The van der Waals surface area contributed by atoms with Gasteiger partial charge in [-0.3, -0.25) is 4.79 Å². The van der Waals surface area contributed by atoms with Gasteiger partial charge in [-0.1, -0.05) is 36.2 Å².